The molecule has 0 radical (unpaired) electrons. The third-order valence-corrected chi connectivity index (χ3v) is 11.5. The zero-order chi connectivity index (χ0) is 37.5. The fraction of sp³-hybridized carbons (Fsp3) is 0.0392. The lowest BCUT2D eigenvalue weighted by Crippen LogP contribution is -2.44. The standard InChI is InChI=1S/C51H34N4O2/c1-3-12-31(13-4-1)49-52-50(32-14-5-2-6-15-32)54-51(53-49)34-23-27-46-42(29-34)40-19-11-18-36(48(40)57-46)33-22-26-45-41(28-33)39-25-24-35(30-47(39)56-45)55-43-20-9-7-16-37(43)38-17-8-10-21-44(38)55/h1-30,49-50,52H,(H,53,54). The predicted molar refractivity (Wildman–Crippen MR) is 232 cm³/mol. The molecule has 1 aliphatic heterocycles. The second kappa shape index (κ2) is 12.6. The molecule has 270 valence electrons. The van der Waals surface area contributed by atoms with Crippen LogP contribution in [0.1, 0.15) is 29.0 Å². The zero-order valence-corrected chi connectivity index (χ0v) is 30.7. The molecule has 0 amide bonds. The number of para-hydroxylation sites is 3. The van der Waals surface area contributed by atoms with Crippen molar-refractivity contribution in [2.75, 3.05) is 0 Å². The monoisotopic (exact) mass is 734 g/mol. The van der Waals surface area contributed by atoms with Crippen molar-refractivity contribution in [3.8, 4) is 16.8 Å². The molecule has 0 bridgehead atoms. The second-order valence-electron chi connectivity index (χ2n) is 14.8. The van der Waals surface area contributed by atoms with E-state index in [-0.39, 0.29) is 12.3 Å². The van der Waals surface area contributed by atoms with Gasteiger partial charge < -0.3 is 18.7 Å². The first kappa shape index (κ1) is 31.9. The van der Waals surface area contributed by atoms with Gasteiger partial charge in [0, 0.05) is 55.2 Å². The van der Waals surface area contributed by atoms with E-state index in [1.54, 1.807) is 0 Å². The Morgan fingerprint density at radius 3 is 1.86 bits per heavy atom. The van der Waals surface area contributed by atoms with Crippen molar-refractivity contribution in [3.05, 3.63) is 199 Å². The minimum atomic E-state index is -0.204. The summed E-state index contributed by atoms with van der Waals surface area (Å²) in [5.74, 6) is 0.836. The molecule has 2 unspecified atom stereocenters. The summed E-state index contributed by atoms with van der Waals surface area (Å²) in [5, 5.41) is 14.1. The van der Waals surface area contributed by atoms with Gasteiger partial charge in [-0.05, 0) is 71.3 Å². The quantitative estimate of drug-likeness (QED) is 0.185. The summed E-state index contributed by atoms with van der Waals surface area (Å²) in [5.41, 5.74) is 12.2. The van der Waals surface area contributed by atoms with Crippen molar-refractivity contribution in [2.24, 2.45) is 4.99 Å². The van der Waals surface area contributed by atoms with E-state index in [1.807, 2.05) is 12.1 Å². The van der Waals surface area contributed by atoms with Crippen LogP contribution in [0.3, 0.4) is 0 Å². The molecule has 0 aliphatic carbocycles. The largest absolute Gasteiger partial charge is 0.456 e. The van der Waals surface area contributed by atoms with Gasteiger partial charge in [0.05, 0.1) is 11.0 Å². The average molecular weight is 735 g/mol. The van der Waals surface area contributed by atoms with Gasteiger partial charge in [0.1, 0.15) is 40.5 Å². The Morgan fingerprint density at radius 2 is 1.09 bits per heavy atom. The van der Waals surface area contributed by atoms with Gasteiger partial charge in [0.25, 0.3) is 0 Å². The van der Waals surface area contributed by atoms with Crippen LogP contribution in [0.4, 0.5) is 0 Å². The number of rotatable bonds is 5. The molecule has 0 spiro atoms. The lowest BCUT2D eigenvalue weighted by atomic mass is 9.99. The first-order valence-electron chi connectivity index (χ1n) is 19.3. The summed E-state index contributed by atoms with van der Waals surface area (Å²) in [6.07, 6.45) is -0.313. The molecule has 4 heterocycles. The average Bonchev–Trinajstić information content (AvgIpc) is 3.95. The van der Waals surface area contributed by atoms with Crippen LogP contribution in [-0.4, -0.2) is 10.4 Å². The smallest absolute Gasteiger partial charge is 0.143 e. The molecule has 8 aromatic carbocycles. The Balaban J connectivity index is 0.938. The number of hydrogen-bond acceptors (Lipinski definition) is 5. The lowest BCUT2D eigenvalue weighted by molar-refractivity contribution is 0.409. The molecule has 11 aromatic rings. The number of nitrogens with one attached hydrogen (secondary N) is 2. The van der Waals surface area contributed by atoms with Gasteiger partial charge in [-0.2, -0.15) is 0 Å². The Hall–Kier alpha value is -7.41. The van der Waals surface area contributed by atoms with E-state index in [0.717, 1.165) is 83.2 Å². The van der Waals surface area contributed by atoms with Crippen molar-refractivity contribution in [2.45, 2.75) is 12.3 Å². The van der Waals surface area contributed by atoms with Crippen LogP contribution in [0, 0.1) is 0 Å². The highest BCUT2D eigenvalue weighted by atomic mass is 16.3. The molecule has 57 heavy (non-hydrogen) atoms. The van der Waals surface area contributed by atoms with E-state index in [2.05, 4.69) is 185 Å². The van der Waals surface area contributed by atoms with Gasteiger partial charge in [0.2, 0.25) is 0 Å². The van der Waals surface area contributed by atoms with Gasteiger partial charge in [-0.25, -0.2) is 4.99 Å². The van der Waals surface area contributed by atoms with Gasteiger partial charge in [-0.15, -0.1) is 0 Å². The topological polar surface area (TPSA) is 67.6 Å². The van der Waals surface area contributed by atoms with E-state index in [1.165, 1.54) is 21.8 Å². The molecule has 3 aromatic heterocycles. The Morgan fingerprint density at radius 1 is 0.456 bits per heavy atom. The van der Waals surface area contributed by atoms with Crippen molar-refractivity contribution in [1.29, 1.82) is 0 Å². The molecule has 1 aliphatic rings. The Bertz CT molecular complexity index is 3320. The third kappa shape index (κ3) is 5.12. The fourth-order valence-corrected chi connectivity index (χ4v) is 8.78. The van der Waals surface area contributed by atoms with E-state index in [4.69, 9.17) is 13.8 Å². The van der Waals surface area contributed by atoms with Crippen LogP contribution in [0.5, 0.6) is 0 Å². The van der Waals surface area contributed by atoms with E-state index in [0.29, 0.717) is 0 Å². The molecule has 6 nitrogen and oxygen atoms in total. The number of furan rings is 2. The van der Waals surface area contributed by atoms with Crippen LogP contribution in [0.2, 0.25) is 0 Å². The first-order chi connectivity index (χ1) is 28.2. The number of fused-ring (bicyclic) bond motifs is 9. The maximum atomic E-state index is 6.67. The Labute approximate surface area is 327 Å². The van der Waals surface area contributed by atoms with E-state index < -0.39 is 0 Å². The van der Waals surface area contributed by atoms with Crippen molar-refractivity contribution in [3.63, 3.8) is 0 Å². The highest BCUT2D eigenvalue weighted by Gasteiger charge is 2.26. The highest BCUT2D eigenvalue weighted by molar-refractivity contribution is 6.14. The molecule has 0 fully saturated rings. The molecule has 12 rings (SSSR count). The predicted octanol–water partition coefficient (Wildman–Crippen LogP) is 12.6. The highest BCUT2D eigenvalue weighted by Crippen LogP contribution is 2.40. The molecular weight excluding hydrogens is 701 g/mol. The van der Waals surface area contributed by atoms with Gasteiger partial charge in [-0.3, -0.25) is 5.32 Å². The summed E-state index contributed by atoms with van der Waals surface area (Å²) in [4.78, 5) is 5.18. The summed E-state index contributed by atoms with van der Waals surface area (Å²) in [6, 6.07) is 63.8. The van der Waals surface area contributed by atoms with Crippen LogP contribution in [-0.2, 0) is 0 Å². The number of nitrogens with zero attached hydrogens (tertiary/aromatic N) is 2. The zero-order valence-electron chi connectivity index (χ0n) is 30.7. The normalized spacial score (nSPS) is 15.9. The summed E-state index contributed by atoms with van der Waals surface area (Å²) in [7, 11) is 0. The van der Waals surface area contributed by atoms with Crippen LogP contribution >= 0.6 is 0 Å². The van der Waals surface area contributed by atoms with Crippen LogP contribution in [0.25, 0.3) is 82.5 Å². The SMILES string of the molecule is c1ccc(C2N=C(c3ccc4oc5c(-c6ccc7oc8cc(-n9c%10ccccc%10c%10ccccc%109)ccc8c7c6)cccc5c4c3)NC(c3ccccc3)N2)cc1. The third-order valence-electron chi connectivity index (χ3n) is 11.5. The van der Waals surface area contributed by atoms with E-state index in [9.17, 15) is 0 Å². The van der Waals surface area contributed by atoms with Crippen molar-refractivity contribution >= 4 is 71.5 Å². The minimum Gasteiger partial charge on any atom is -0.456 e. The second-order valence-corrected chi connectivity index (χ2v) is 14.8. The van der Waals surface area contributed by atoms with E-state index >= 15 is 0 Å². The number of benzene rings is 8. The van der Waals surface area contributed by atoms with Gasteiger partial charge >= 0.3 is 0 Å². The number of aliphatic imine (C=N–C) groups is 1. The summed E-state index contributed by atoms with van der Waals surface area (Å²) in [6.45, 7) is 0. The maximum absolute atomic E-state index is 6.67. The van der Waals surface area contributed by atoms with Gasteiger partial charge in [0.15, 0.2) is 0 Å². The molecule has 2 N–H and O–H groups in total. The fourth-order valence-electron chi connectivity index (χ4n) is 8.78. The number of amidine groups is 1. The molecule has 6 heteroatoms. The first-order valence-corrected chi connectivity index (χ1v) is 19.3. The number of aromatic nitrogens is 1. The van der Waals surface area contributed by atoms with Crippen LogP contribution in [0.15, 0.2) is 196 Å². The molecular formula is C51H34N4O2. The molecule has 2 atom stereocenters. The number of hydrogen-bond donors (Lipinski definition) is 2. The van der Waals surface area contributed by atoms with Crippen molar-refractivity contribution in [1.82, 2.24) is 15.2 Å². The summed E-state index contributed by atoms with van der Waals surface area (Å²) >= 11 is 0. The minimum absolute atomic E-state index is 0.110. The summed E-state index contributed by atoms with van der Waals surface area (Å²) < 4.78 is 15.5. The van der Waals surface area contributed by atoms with Crippen molar-refractivity contribution < 1.29 is 8.83 Å². The maximum Gasteiger partial charge on any atom is 0.143 e. The van der Waals surface area contributed by atoms with Gasteiger partial charge in [-0.1, -0.05) is 121 Å². The molecule has 0 saturated carbocycles. The Kier molecular flexibility index (Phi) is 7.03. The lowest BCUT2D eigenvalue weighted by Gasteiger charge is -2.32. The van der Waals surface area contributed by atoms with Crippen LogP contribution < -0.4 is 10.6 Å². The molecule has 0 saturated heterocycles.